The van der Waals surface area contributed by atoms with Crippen molar-refractivity contribution in [1.29, 1.82) is 0 Å². The van der Waals surface area contributed by atoms with Crippen molar-refractivity contribution in [1.82, 2.24) is 9.71 Å². The van der Waals surface area contributed by atoms with E-state index in [9.17, 15) is 18.0 Å². The Morgan fingerprint density at radius 2 is 1.93 bits per heavy atom. The van der Waals surface area contributed by atoms with Gasteiger partial charge >= 0.3 is 0 Å². The van der Waals surface area contributed by atoms with Crippen LogP contribution >= 0.6 is 0 Å². The molecule has 0 saturated heterocycles. The van der Waals surface area contributed by atoms with Crippen molar-refractivity contribution in [3.63, 3.8) is 0 Å². The first kappa shape index (κ1) is 19.3. The topological polar surface area (TPSA) is 108 Å². The average Bonchev–Trinajstić information content (AvgIpc) is 3.09. The maximum atomic E-state index is 12.5. The fourth-order valence-corrected chi connectivity index (χ4v) is 3.73. The largest absolute Gasteiger partial charge is 0.364 e. The van der Waals surface area contributed by atoms with Crippen LogP contribution in [0.25, 0.3) is 0 Å². The molecule has 0 bridgehead atoms. The smallest absolute Gasteiger partial charge is 0.257 e. The van der Waals surface area contributed by atoms with Crippen LogP contribution in [0.2, 0.25) is 0 Å². The molecule has 2 aromatic rings. The fourth-order valence-electron chi connectivity index (χ4n) is 3.12. The van der Waals surface area contributed by atoms with E-state index >= 15 is 0 Å². The Balaban J connectivity index is 1.61. The number of amides is 1. The molecule has 27 heavy (non-hydrogen) atoms. The van der Waals surface area contributed by atoms with E-state index in [0.717, 1.165) is 24.1 Å². The maximum Gasteiger partial charge on any atom is 0.257 e. The number of carbonyl (C=O) groups excluding carboxylic acids is 2. The van der Waals surface area contributed by atoms with Gasteiger partial charge in [0.1, 0.15) is 0 Å². The number of nitrogens with one attached hydrogen (secondary N) is 3. The highest BCUT2D eigenvalue weighted by Gasteiger charge is 2.25. The Morgan fingerprint density at radius 3 is 2.63 bits per heavy atom. The third-order valence-corrected chi connectivity index (χ3v) is 6.05. The third kappa shape index (κ3) is 4.64. The number of aryl methyl sites for hydroxylation is 1. The van der Waals surface area contributed by atoms with E-state index in [0.29, 0.717) is 36.2 Å². The standard InChI is InChI=1S/C19H23N3O4S/c1-2-27(25,26)21-11-10-13-6-8-14(9-7-13)22-19(24)15-12-20-16-4-3-5-17(23)18(15)16/h6-9,12,20-21H,2-5,10-11H2,1H3,(H,22,24). The summed E-state index contributed by atoms with van der Waals surface area (Å²) in [5.41, 5.74) is 3.31. The summed E-state index contributed by atoms with van der Waals surface area (Å²) >= 11 is 0. The number of H-pyrrole nitrogens is 1. The predicted molar refractivity (Wildman–Crippen MR) is 104 cm³/mol. The van der Waals surface area contributed by atoms with Crippen molar-refractivity contribution in [3.05, 3.63) is 52.8 Å². The van der Waals surface area contributed by atoms with E-state index in [1.165, 1.54) is 0 Å². The lowest BCUT2D eigenvalue weighted by Crippen LogP contribution is -2.27. The molecule has 0 fully saturated rings. The Labute approximate surface area is 158 Å². The molecule has 7 nitrogen and oxygen atoms in total. The average molecular weight is 389 g/mol. The van der Waals surface area contributed by atoms with Gasteiger partial charge in [-0.15, -0.1) is 0 Å². The van der Waals surface area contributed by atoms with Crippen LogP contribution in [0.1, 0.15) is 51.7 Å². The number of Topliss-reactive ketones (excluding diaryl/α,β-unsaturated/α-hetero) is 1. The van der Waals surface area contributed by atoms with Crippen LogP contribution in [0.4, 0.5) is 5.69 Å². The van der Waals surface area contributed by atoms with Gasteiger partial charge in [0, 0.05) is 30.5 Å². The molecule has 3 N–H and O–H groups in total. The number of rotatable bonds is 7. The molecule has 1 aromatic carbocycles. The Kier molecular flexibility index (Phi) is 5.76. The second-order valence-electron chi connectivity index (χ2n) is 6.53. The molecule has 0 atom stereocenters. The van der Waals surface area contributed by atoms with Crippen LogP contribution in [0.5, 0.6) is 0 Å². The summed E-state index contributed by atoms with van der Waals surface area (Å²) < 4.78 is 25.4. The molecule has 0 spiro atoms. The van der Waals surface area contributed by atoms with Gasteiger partial charge < -0.3 is 10.3 Å². The lowest BCUT2D eigenvalue weighted by molar-refractivity contribution is 0.0956. The van der Waals surface area contributed by atoms with Crippen molar-refractivity contribution >= 4 is 27.4 Å². The molecule has 1 aromatic heterocycles. The zero-order valence-corrected chi connectivity index (χ0v) is 16.0. The molecule has 0 unspecified atom stereocenters. The molecule has 144 valence electrons. The van der Waals surface area contributed by atoms with Crippen molar-refractivity contribution in [2.75, 3.05) is 17.6 Å². The highest BCUT2D eigenvalue weighted by atomic mass is 32.2. The molecule has 1 amide bonds. The molecule has 1 aliphatic rings. The number of carbonyl (C=O) groups is 2. The first-order valence-electron chi connectivity index (χ1n) is 9.00. The van der Waals surface area contributed by atoms with Gasteiger partial charge in [-0.2, -0.15) is 0 Å². The van der Waals surface area contributed by atoms with Gasteiger partial charge in [-0.1, -0.05) is 12.1 Å². The van der Waals surface area contributed by atoms with E-state index in [1.807, 2.05) is 12.1 Å². The van der Waals surface area contributed by atoms with Crippen molar-refractivity contribution < 1.29 is 18.0 Å². The van der Waals surface area contributed by atoms with E-state index in [2.05, 4.69) is 15.0 Å². The minimum absolute atomic E-state index is 0.00697. The van der Waals surface area contributed by atoms with E-state index < -0.39 is 10.0 Å². The van der Waals surface area contributed by atoms with Gasteiger partial charge in [0.25, 0.3) is 5.91 Å². The summed E-state index contributed by atoms with van der Waals surface area (Å²) in [6, 6.07) is 7.21. The van der Waals surface area contributed by atoms with Gasteiger partial charge in [0.2, 0.25) is 10.0 Å². The van der Waals surface area contributed by atoms with Crippen LogP contribution in [0.3, 0.4) is 0 Å². The number of sulfonamides is 1. The first-order chi connectivity index (χ1) is 12.9. The van der Waals surface area contributed by atoms with Gasteiger partial charge in [0.05, 0.1) is 16.9 Å². The van der Waals surface area contributed by atoms with E-state index in [-0.39, 0.29) is 17.4 Å². The van der Waals surface area contributed by atoms with Crippen LogP contribution < -0.4 is 10.0 Å². The highest BCUT2D eigenvalue weighted by molar-refractivity contribution is 7.89. The zero-order valence-electron chi connectivity index (χ0n) is 15.2. The number of aromatic amines is 1. The number of anilines is 1. The van der Waals surface area contributed by atoms with Gasteiger partial charge in [-0.05, 0) is 43.9 Å². The summed E-state index contributed by atoms with van der Waals surface area (Å²) in [6.45, 7) is 1.93. The lowest BCUT2D eigenvalue weighted by Gasteiger charge is -2.12. The molecular formula is C19H23N3O4S. The van der Waals surface area contributed by atoms with Crippen molar-refractivity contribution in [3.8, 4) is 0 Å². The van der Waals surface area contributed by atoms with Crippen molar-refractivity contribution in [2.24, 2.45) is 0 Å². The number of aromatic nitrogens is 1. The van der Waals surface area contributed by atoms with Crippen LogP contribution in [0.15, 0.2) is 30.5 Å². The summed E-state index contributed by atoms with van der Waals surface area (Å²) in [5.74, 6) is -0.248. The summed E-state index contributed by atoms with van der Waals surface area (Å²) in [6.07, 6.45) is 4.22. The lowest BCUT2D eigenvalue weighted by atomic mass is 9.93. The Hall–Kier alpha value is -2.45. The van der Waals surface area contributed by atoms with E-state index in [4.69, 9.17) is 0 Å². The molecule has 3 rings (SSSR count). The summed E-state index contributed by atoms with van der Waals surface area (Å²) in [7, 11) is -3.19. The normalized spacial score (nSPS) is 14.0. The minimum Gasteiger partial charge on any atom is -0.364 e. The van der Waals surface area contributed by atoms with Gasteiger partial charge in [-0.25, -0.2) is 13.1 Å². The van der Waals surface area contributed by atoms with Crippen LogP contribution in [0, 0.1) is 0 Å². The number of hydrogen-bond acceptors (Lipinski definition) is 4. The monoisotopic (exact) mass is 389 g/mol. The first-order valence-corrected chi connectivity index (χ1v) is 10.7. The molecule has 1 aliphatic carbocycles. The molecular weight excluding hydrogens is 366 g/mol. The second-order valence-corrected chi connectivity index (χ2v) is 8.63. The molecule has 8 heteroatoms. The maximum absolute atomic E-state index is 12.5. The fraction of sp³-hybridized carbons (Fsp3) is 0.368. The summed E-state index contributed by atoms with van der Waals surface area (Å²) in [4.78, 5) is 27.7. The van der Waals surface area contributed by atoms with Crippen LogP contribution in [-0.2, 0) is 22.9 Å². The third-order valence-electron chi connectivity index (χ3n) is 4.64. The quantitative estimate of drug-likeness (QED) is 0.675. The highest BCUT2D eigenvalue weighted by Crippen LogP contribution is 2.24. The van der Waals surface area contributed by atoms with Crippen molar-refractivity contribution in [2.45, 2.75) is 32.6 Å². The van der Waals surface area contributed by atoms with Crippen LogP contribution in [-0.4, -0.2) is 37.4 Å². The zero-order chi connectivity index (χ0) is 19.4. The molecule has 0 radical (unpaired) electrons. The molecule has 1 heterocycles. The van der Waals surface area contributed by atoms with Gasteiger partial charge in [-0.3, -0.25) is 9.59 Å². The minimum atomic E-state index is -3.19. The SMILES string of the molecule is CCS(=O)(=O)NCCc1ccc(NC(=O)c2c[nH]c3c2C(=O)CCC3)cc1. The summed E-state index contributed by atoms with van der Waals surface area (Å²) in [5, 5.41) is 2.81. The number of hydrogen-bond donors (Lipinski definition) is 3. The van der Waals surface area contributed by atoms with Gasteiger partial charge in [0.15, 0.2) is 5.78 Å². The number of fused-ring (bicyclic) bond motifs is 1. The molecule has 0 aliphatic heterocycles. The number of benzene rings is 1. The predicted octanol–water partition coefficient (Wildman–Crippen LogP) is 2.27. The van der Waals surface area contributed by atoms with E-state index in [1.54, 1.807) is 25.3 Å². The Morgan fingerprint density at radius 1 is 1.19 bits per heavy atom. The Bertz CT molecular complexity index is 946. The number of ketones is 1. The second kappa shape index (κ2) is 8.06. The molecule has 0 saturated carbocycles.